The SMILES string of the molecule is COc1cccc2c(N3CCc4ccccc4C3)nc(Nc3ccc(F)cc3C)nc12. The fourth-order valence-electron chi connectivity index (χ4n) is 4.14. The van der Waals surface area contributed by atoms with Gasteiger partial charge in [-0.25, -0.2) is 9.37 Å². The van der Waals surface area contributed by atoms with E-state index in [4.69, 9.17) is 14.7 Å². The molecule has 1 aromatic heterocycles. The number of fused-ring (bicyclic) bond motifs is 2. The van der Waals surface area contributed by atoms with Gasteiger partial charge in [-0.1, -0.05) is 30.3 Å². The third-order valence-electron chi connectivity index (χ3n) is 5.75. The van der Waals surface area contributed by atoms with Gasteiger partial charge in [0.15, 0.2) is 0 Å². The van der Waals surface area contributed by atoms with E-state index in [2.05, 4.69) is 34.5 Å². The highest BCUT2D eigenvalue weighted by Crippen LogP contribution is 2.34. The van der Waals surface area contributed by atoms with Gasteiger partial charge in [-0.05, 0) is 60.4 Å². The Bertz CT molecular complexity index is 1270. The third kappa shape index (κ3) is 3.65. The molecule has 2 heterocycles. The first-order valence-corrected chi connectivity index (χ1v) is 10.3. The predicted octanol–water partition coefficient (Wildman–Crippen LogP) is 5.39. The summed E-state index contributed by atoms with van der Waals surface area (Å²) in [5, 5.41) is 4.21. The largest absolute Gasteiger partial charge is 0.494 e. The van der Waals surface area contributed by atoms with Crippen molar-refractivity contribution < 1.29 is 9.13 Å². The van der Waals surface area contributed by atoms with Crippen molar-refractivity contribution in [2.75, 3.05) is 23.9 Å². The van der Waals surface area contributed by atoms with Crippen LogP contribution in [0.5, 0.6) is 5.75 Å². The van der Waals surface area contributed by atoms with Crippen molar-refractivity contribution in [1.82, 2.24) is 9.97 Å². The fraction of sp³-hybridized carbons (Fsp3) is 0.200. The Morgan fingerprint density at radius 3 is 2.65 bits per heavy atom. The highest BCUT2D eigenvalue weighted by molar-refractivity contribution is 5.94. The number of para-hydroxylation sites is 1. The molecule has 5 nitrogen and oxygen atoms in total. The van der Waals surface area contributed by atoms with Gasteiger partial charge in [0, 0.05) is 24.2 Å². The smallest absolute Gasteiger partial charge is 0.229 e. The van der Waals surface area contributed by atoms with E-state index in [0.717, 1.165) is 47.5 Å². The van der Waals surface area contributed by atoms with Gasteiger partial charge in [0.2, 0.25) is 5.95 Å². The summed E-state index contributed by atoms with van der Waals surface area (Å²) in [6, 6.07) is 19.1. The maximum absolute atomic E-state index is 13.5. The Morgan fingerprint density at radius 2 is 1.84 bits per heavy atom. The summed E-state index contributed by atoms with van der Waals surface area (Å²) in [6.45, 7) is 3.51. The topological polar surface area (TPSA) is 50.3 Å². The van der Waals surface area contributed by atoms with Crippen LogP contribution >= 0.6 is 0 Å². The molecule has 0 amide bonds. The molecule has 31 heavy (non-hydrogen) atoms. The number of hydrogen-bond acceptors (Lipinski definition) is 5. The molecular formula is C25H23FN4O. The van der Waals surface area contributed by atoms with Crippen LogP contribution in [0.25, 0.3) is 10.9 Å². The van der Waals surface area contributed by atoms with E-state index in [1.807, 2.05) is 25.1 Å². The zero-order valence-electron chi connectivity index (χ0n) is 17.5. The van der Waals surface area contributed by atoms with Gasteiger partial charge in [-0.15, -0.1) is 0 Å². The van der Waals surface area contributed by atoms with Crippen molar-refractivity contribution in [3.63, 3.8) is 0 Å². The van der Waals surface area contributed by atoms with Crippen LogP contribution in [0.4, 0.5) is 21.8 Å². The zero-order chi connectivity index (χ0) is 21.4. The summed E-state index contributed by atoms with van der Waals surface area (Å²) in [4.78, 5) is 11.9. The van der Waals surface area contributed by atoms with Crippen molar-refractivity contribution >= 4 is 28.4 Å². The van der Waals surface area contributed by atoms with Gasteiger partial charge in [0.05, 0.1) is 7.11 Å². The van der Waals surface area contributed by atoms with Crippen molar-refractivity contribution in [2.45, 2.75) is 19.9 Å². The standard InChI is InChI=1S/C25H23FN4O/c1-16-14-19(26)10-11-21(16)27-25-28-23-20(8-5-9-22(23)31-2)24(29-25)30-13-12-17-6-3-4-7-18(17)15-30/h3-11,14H,12-13,15H2,1-2H3,(H,27,28,29). The number of anilines is 3. The molecule has 0 saturated carbocycles. The van der Waals surface area contributed by atoms with Gasteiger partial charge < -0.3 is 15.0 Å². The van der Waals surface area contributed by atoms with Gasteiger partial charge in [0.1, 0.15) is 22.9 Å². The number of halogens is 1. The van der Waals surface area contributed by atoms with Crippen LogP contribution in [0.1, 0.15) is 16.7 Å². The normalized spacial score (nSPS) is 13.2. The van der Waals surface area contributed by atoms with Gasteiger partial charge >= 0.3 is 0 Å². The lowest BCUT2D eigenvalue weighted by atomic mass is 9.99. The van der Waals surface area contributed by atoms with Crippen LogP contribution in [-0.2, 0) is 13.0 Å². The molecule has 0 atom stereocenters. The number of nitrogens with zero attached hydrogens (tertiary/aromatic N) is 3. The summed E-state index contributed by atoms with van der Waals surface area (Å²) in [6.07, 6.45) is 0.964. The average molecular weight is 414 g/mol. The molecule has 1 N–H and O–H groups in total. The highest BCUT2D eigenvalue weighted by atomic mass is 19.1. The molecule has 0 fully saturated rings. The predicted molar refractivity (Wildman–Crippen MR) is 122 cm³/mol. The van der Waals surface area contributed by atoms with E-state index in [9.17, 15) is 4.39 Å². The molecule has 3 aromatic carbocycles. The summed E-state index contributed by atoms with van der Waals surface area (Å²) in [7, 11) is 1.64. The molecule has 0 spiro atoms. The van der Waals surface area contributed by atoms with Crippen LogP contribution in [0.3, 0.4) is 0 Å². The minimum absolute atomic E-state index is 0.267. The second-order valence-corrected chi connectivity index (χ2v) is 7.75. The minimum Gasteiger partial charge on any atom is -0.494 e. The Labute approximate surface area is 180 Å². The number of ether oxygens (including phenoxy) is 1. The molecule has 0 unspecified atom stereocenters. The summed E-state index contributed by atoms with van der Waals surface area (Å²) >= 11 is 0. The van der Waals surface area contributed by atoms with E-state index < -0.39 is 0 Å². The molecule has 0 saturated heterocycles. The molecule has 156 valence electrons. The lowest BCUT2D eigenvalue weighted by molar-refractivity contribution is 0.419. The maximum atomic E-state index is 13.5. The first-order valence-electron chi connectivity index (χ1n) is 10.3. The number of aryl methyl sites for hydroxylation is 1. The Kier molecular flexibility index (Phi) is 4.90. The first-order chi connectivity index (χ1) is 15.1. The maximum Gasteiger partial charge on any atom is 0.229 e. The molecule has 0 aliphatic carbocycles. The molecule has 1 aliphatic heterocycles. The summed E-state index contributed by atoms with van der Waals surface area (Å²) in [5.41, 5.74) is 5.00. The van der Waals surface area contributed by atoms with E-state index >= 15 is 0 Å². The Hall–Kier alpha value is -3.67. The molecule has 5 rings (SSSR count). The van der Waals surface area contributed by atoms with Crippen molar-refractivity contribution in [2.24, 2.45) is 0 Å². The van der Waals surface area contributed by atoms with Crippen LogP contribution in [0.15, 0.2) is 60.7 Å². The Morgan fingerprint density at radius 1 is 1.00 bits per heavy atom. The number of rotatable bonds is 4. The monoisotopic (exact) mass is 414 g/mol. The van der Waals surface area contributed by atoms with E-state index in [-0.39, 0.29) is 5.82 Å². The number of benzene rings is 3. The lowest BCUT2D eigenvalue weighted by Crippen LogP contribution is -2.31. The molecule has 6 heteroatoms. The number of methoxy groups -OCH3 is 1. The molecule has 0 bridgehead atoms. The highest BCUT2D eigenvalue weighted by Gasteiger charge is 2.21. The second kappa shape index (κ2) is 7.87. The van der Waals surface area contributed by atoms with Gasteiger partial charge in [-0.3, -0.25) is 0 Å². The van der Waals surface area contributed by atoms with Crippen LogP contribution in [0.2, 0.25) is 0 Å². The molecule has 1 aliphatic rings. The van der Waals surface area contributed by atoms with Crippen molar-refractivity contribution in [3.8, 4) is 5.75 Å². The number of nitrogens with one attached hydrogen (secondary N) is 1. The number of aromatic nitrogens is 2. The molecule has 0 radical (unpaired) electrons. The minimum atomic E-state index is -0.267. The van der Waals surface area contributed by atoms with Crippen LogP contribution < -0.4 is 15.0 Å². The van der Waals surface area contributed by atoms with E-state index in [0.29, 0.717) is 11.7 Å². The van der Waals surface area contributed by atoms with Crippen molar-refractivity contribution in [3.05, 3.63) is 83.2 Å². The van der Waals surface area contributed by atoms with Gasteiger partial charge in [0.25, 0.3) is 0 Å². The second-order valence-electron chi connectivity index (χ2n) is 7.75. The first kappa shape index (κ1) is 19.3. The van der Waals surface area contributed by atoms with Crippen LogP contribution in [0, 0.1) is 12.7 Å². The van der Waals surface area contributed by atoms with E-state index in [1.54, 1.807) is 13.2 Å². The Balaban J connectivity index is 1.61. The molecular weight excluding hydrogens is 391 g/mol. The summed E-state index contributed by atoms with van der Waals surface area (Å²) < 4.78 is 19.1. The average Bonchev–Trinajstić information content (AvgIpc) is 2.79. The van der Waals surface area contributed by atoms with Crippen molar-refractivity contribution in [1.29, 1.82) is 0 Å². The van der Waals surface area contributed by atoms with Gasteiger partial charge in [-0.2, -0.15) is 4.98 Å². The quantitative estimate of drug-likeness (QED) is 0.485. The van der Waals surface area contributed by atoms with E-state index in [1.165, 1.54) is 23.3 Å². The lowest BCUT2D eigenvalue weighted by Gasteiger charge is -2.31. The summed E-state index contributed by atoms with van der Waals surface area (Å²) in [5.74, 6) is 1.75. The third-order valence-corrected chi connectivity index (χ3v) is 5.75. The van der Waals surface area contributed by atoms with Crippen LogP contribution in [-0.4, -0.2) is 23.6 Å². The zero-order valence-corrected chi connectivity index (χ0v) is 17.5. The number of hydrogen-bond donors (Lipinski definition) is 1. The molecule has 4 aromatic rings. The fourth-order valence-corrected chi connectivity index (χ4v) is 4.14.